The van der Waals surface area contributed by atoms with Gasteiger partial charge in [-0.05, 0) is 36.2 Å². The molecule has 0 aliphatic carbocycles. The average Bonchev–Trinajstić information content (AvgIpc) is 3.21. The standard InChI is InChI=1S/C28H30ClN5O3/c1-3-11-34-23-17-33(27(36)25(23)26(30-28(34)37)20-8-6-9-21(29)16-20)18-24(35)32-14-12-31(13-15-32)22-10-5-4-7-19(22)2/h3-10,16,26H,1,11-15,17-18H2,2H3,(H,30,37)/t26-/m1/s1. The molecule has 192 valence electrons. The number of halogens is 1. The molecular formula is C28H30ClN5O3. The smallest absolute Gasteiger partial charge is 0.322 e. The summed E-state index contributed by atoms with van der Waals surface area (Å²) in [4.78, 5) is 47.0. The molecule has 1 fully saturated rings. The molecule has 3 aliphatic rings. The molecule has 0 aromatic heterocycles. The number of aryl methyl sites for hydroxylation is 1. The number of urea groups is 1. The Morgan fingerprint density at radius 1 is 1.11 bits per heavy atom. The number of benzene rings is 2. The zero-order valence-corrected chi connectivity index (χ0v) is 21.6. The number of hydrogen-bond donors (Lipinski definition) is 1. The summed E-state index contributed by atoms with van der Waals surface area (Å²) >= 11 is 6.20. The van der Waals surface area contributed by atoms with Crippen LogP contribution in [0.15, 0.2) is 72.5 Å². The van der Waals surface area contributed by atoms with Gasteiger partial charge in [-0.1, -0.05) is 48.0 Å². The molecule has 37 heavy (non-hydrogen) atoms. The van der Waals surface area contributed by atoms with Gasteiger partial charge in [0, 0.05) is 43.4 Å². The lowest BCUT2D eigenvalue weighted by Crippen LogP contribution is -2.51. The molecule has 1 saturated heterocycles. The number of rotatable bonds is 6. The van der Waals surface area contributed by atoms with Crippen molar-refractivity contribution in [2.45, 2.75) is 13.0 Å². The van der Waals surface area contributed by atoms with Gasteiger partial charge in [0.1, 0.15) is 6.54 Å². The highest BCUT2D eigenvalue weighted by Gasteiger charge is 2.44. The number of piperazine rings is 1. The fourth-order valence-electron chi connectivity index (χ4n) is 5.31. The van der Waals surface area contributed by atoms with Crippen LogP contribution >= 0.6 is 11.6 Å². The maximum absolute atomic E-state index is 13.6. The number of nitrogens with zero attached hydrogens (tertiary/aromatic N) is 4. The van der Waals surface area contributed by atoms with Crippen LogP contribution in [-0.2, 0) is 9.59 Å². The Hall–Kier alpha value is -3.78. The van der Waals surface area contributed by atoms with Gasteiger partial charge in [-0.15, -0.1) is 6.58 Å². The molecule has 0 bridgehead atoms. The summed E-state index contributed by atoms with van der Waals surface area (Å²) < 4.78 is 0. The summed E-state index contributed by atoms with van der Waals surface area (Å²) in [6, 6.07) is 14.4. The van der Waals surface area contributed by atoms with Gasteiger partial charge in [-0.3, -0.25) is 14.5 Å². The summed E-state index contributed by atoms with van der Waals surface area (Å²) in [6.07, 6.45) is 1.62. The fourth-order valence-corrected chi connectivity index (χ4v) is 5.51. The van der Waals surface area contributed by atoms with Crippen LogP contribution in [-0.4, -0.2) is 78.4 Å². The van der Waals surface area contributed by atoms with Crippen LogP contribution in [0.5, 0.6) is 0 Å². The zero-order valence-electron chi connectivity index (χ0n) is 20.8. The summed E-state index contributed by atoms with van der Waals surface area (Å²) in [5, 5.41) is 3.45. The highest BCUT2D eigenvalue weighted by atomic mass is 35.5. The highest BCUT2D eigenvalue weighted by Crippen LogP contribution is 2.37. The van der Waals surface area contributed by atoms with Crippen LogP contribution in [0.25, 0.3) is 0 Å². The number of nitrogens with one attached hydrogen (secondary N) is 1. The first-order valence-corrected chi connectivity index (χ1v) is 12.8. The van der Waals surface area contributed by atoms with E-state index in [1.165, 1.54) is 21.1 Å². The van der Waals surface area contributed by atoms with Crippen molar-refractivity contribution in [1.82, 2.24) is 20.0 Å². The van der Waals surface area contributed by atoms with Gasteiger partial charge in [0.25, 0.3) is 5.91 Å². The first kappa shape index (κ1) is 24.9. The molecule has 2 aromatic carbocycles. The molecule has 3 heterocycles. The third kappa shape index (κ3) is 4.81. The third-order valence-electron chi connectivity index (χ3n) is 7.20. The van der Waals surface area contributed by atoms with Crippen molar-refractivity contribution in [3.63, 3.8) is 0 Å². The summed E-state index contributed by atoms with van der Waals surface area (Å²) in [5.41, 5.74) is 4.20. The topological polar surface area (TPSA) is 76.2 Å². The Bertz CT molecular complexity index is 1280. The Labute approximate surface area is 221 Å². The van der Waals surface area contributed by atoms with Gasteiger partial charge in [-0.25, -0.2) is 4.79 Å². The van der Waals surface area contributed by atoms with E-state index in [0.717, 1.165) is 18.7 Å². The fraction of sp³-hybridized carbons (Fsp3) is 0.321. The van der Waals surface area contributed by atoms with Gasteiger partial charge >= 0.3 is 6.03 Å². The largest absolute Gasteiger partial charge is 0.368 e. The normalized spacial score (nSPS) is 19.8. The molecule has 0 saturated carbocycles. The molecule has 8 nitrogen and oxygen atoms in total. The average molecular weight is 520 g/mol. The van der Waals surface area contributed by atoms with E-state index in [9.17, 15) is 14.4 Å². The van der Waals surface area contributed by atoms with Crippen molar-refractivity contribution < 1.29 is 14.4 Å². The van der Waals surface area contributed by atoms with E-state index in [0.29, 0.717) is 29.4 Å². The van der Waals surface area contributed by atoms with E-state index in [-0.39, 0.29) is 37.5 Å². The molecular weight excluding hydrogens is 490 g/mol. The van der Waals surface area contributed by atoms with E-state index in [2.05, 4.69) is 35.9 Å². The maximum atomic E-state index is 13.6. The number of amides is 4. The SMILES string of the molecule is C=CCN1C(=O)N[C@H](c2cccc(Cl)c2)C2=C1CN(CC(=O)N1CCN(c3ccccc3C)CC1)C2=O. The lowest BCUT2D eigenvalue weighted by molar-refractivity contribution is -0.137. The van der Waals surface area contributed by atoms with Crippen molar-refractivity contribution in [1.29, 1.82) is 0 Å². The minimum atomic E-state index is -0.632. The molecule has 1 atom stereocenters. The van der Waals surface area contributed by atoms with E-state index in [1.807, 2.05) is 23.1 Å². The maximum Gasteiger partial charge on any atom is 0.322 e. The third-order valence-corrected chi connectivity index (χ3v) is 7.44. The predicted octanol–water partition coefficient (Wildman–Crippen LogP) is 3.35. The van der Waals surface area contributed by atoms with Gasteiger partial charge in [-0.2, -0.15) is 0 Å². The quantitative estimate of drug-likeness (QED) is 0.594. The van der Waals surface area contributed by atoms with Crippen LogP contribution in [0.3, 0.4) is 0 Å². The molecule has 5 rings (SSSR count). The van der Waals surface area contributed by atoms with Crippen molar-refractivity contribution in [2.24, 2.45) is 0 Å². The van der Waals surface area contributed by atoms with Crippen molar-refractivity contribution in [3.05, 3.63) is 88.6 Å². The molecule has 0 spiro atoms. The minimum absolute atomic E-state index is 0.0332. The second kappa shape index (κ2) is 10.3. The van der Waals surface area contributed by atoms with Crippen molar-refractivity contribution in [2.75, 3.05) is 50.7 Å². The first-order chi connectivity index (χ1) is 17.9. The van der Waals surface area contributed by atoms with Crippen LogP contribution < -0.4 is 10.2 Å². The molecule has 4 amide bonds. The number of anilines is 1. The molecule has 2 aromatic rings. The molecule has 0 radical (unpaired) electrons. The molecule has 1 N–H and O–H groups in total. The van der Waals surface area contributed by atoms with Crippen molar-refractivity contribution in [3.8, 4) is 0 Å². The lowest BCUT2D eigenvalue weighted by atomic mass is 9.95. The minimum Gasteiger partial charge on any atom is -0.368 e. The number of carbonyl (C=O) groups excluding carboxylic acids is 3. The molecule has 0 unspecified atom stereocenters. The Kier molecular flexibility index (Phi) is 6.93. The second-order valence-electron chi connectivity index (χ2n) is 9.51. The molecule has 3 aliphatic heterocycles. The Morgan fingerprint density at radius 2 is 1.86 bits per heavy atom. The van der Waals surface area contributed by atoms with Crippen LogP contribution in [0, 0.1) is 6.92 Å². The molecule has 9 heteroatoms. The number of hydrogen-bond acceptors (Lipinski definition) is 4. The number of para-hydroxylation sites is 1. The van der Waals surface area contributed by atoms with Crippen molar-refractivity contribution >= 4 is 35.1 Å². The monoisotopic (exact) mass is 519 g/mol. The van der Waals surface area contributed by atoms with E-state index in [1.54, 1.807) is 24.3 Å². The van der Waals surface area contributed by atoms with Gasteiger partial charge in [0.15, 0.2) is 0 Å². The Balaban J connectivity index is 1.30. The van der Waals surface area contributed by atoms with Crippen LogP contribution in [0.1, 0.15) is 17.2 Å². The van der Waals surface area contributed by atoms with E-state index >= 15 is 0 Å². The second-order valence-corrected chi connectivity index (χ2v) is 9.95. The Morgan fingerprint density at radius 3 is 2.57 bits per heavy atom. The van der Waals surface area contributed by atoms with Crippen LogP contribution in [0.2, 0.25) is 5.02 Å². The number of carbonyl (C=O) groups is 3. The summed E-state index contributed by atoms with van der Waals surface area (Å²) in [7, 11) is 0. The first-order valence-electron chi connectivity index (χ1n) is 12.4. The van der Waals surface area contributed by atoms with Gasteiger partial charge in [0.2, 0.25) is 5.91 Å². The predicted molar refractivity (Wildman–Crippen MR) is 143 cm³/mol. The summed E-state index contributed by atoms with van der Waals surface area (Å²) in [6.45, 7) is 8.93. The van der Waals surface area contributed by atoms with E-state index < -0.39 is 6.04 Å². The van der Waals surface area contributed by atoms with Gasteiger partial charge < -0.3 is 20.0 Å². The summed E-state index contributed by atoms with van der Waals surface area (Å²) in [5.74, 6) is -0.340. The zero-order chi connectivity index (χ0) is 26.1. The van der Waals surface area contributed by atoms with E-state index in [4.69, 9.17) is 11.6 Å². The highest BCUT2D eigenvalue weighted by molar-refractivity contribution is 6.30. The van der Waals surface area contributed by atoms with Gasteiger partial charge in [0.05, 0.1) is 23.9 Å². The lowest BCUT2D eigenvalue weighted by Gasteiger charge is -2.37. The van der Waals surface area contributed by atoms with Crippen LogP contribution in [0.4, 0.5) is 10.5 Å².